The van der Waals surface area contributed by atoms with E-state index in [0.717, 1.165) is 0 Å². The minimum absolute atomic E-state index is 0.00689. The zero-order chi connectivity index (χ0) is 34.3. The van der Waals surface area contributed by atoms with Gasteiger partial charge in [0, 0.05) is 16.7 Å². The van der Waals surface area contributed by atoms with E-state index in [1.807, 2.05) is 0 Å². The van der Waals surface area contributed by atoms with Gasteiger partial charge in [-0.05, 0) is 109 Å². The number of hydrogen-bond acceptors (Lipinski definition) is 9. The molecule has 0 atom stereocenters. The number of carbonyl (C=O) groups excluding carboxylic acids is 3. The van der Waals surface area contributed by atoms with Gasteiger partial charge in [0.25, 0.3) is 0 Å². The fourth-order valence-electron chi connectivity index (χ4n) is 4.80. The summed E-state index contributed by atoms with van der Waals surface area (Å²) in [6.45, 7) is 0. The molecule has 0 fully saturated rings. The Balaban J connectivity index is 1.38. The van der Waals surface area contributed by atoms with E-state index in [2.05, 4.69) is 0 Å². The molecule has 6 rings (SSSR count). The third-order valence-electron chi connectivity index (χ3n) is 7.30. The van der Waals surface area contributed by atoms with E-state index in [1.165, 1.54) is 72.8 Å². The molecule has 10 heteroatoms. The van der Waals surface area contributed by atoms with E-state index in [9.17, 15) is 29.7 Å². The molecule has 0 aliphatic carbocycles. The van der Waals surface area contributed by atoms with Crippen molar-refractivity contribution in [3.63, 3.8) is 0 Å². The van der Waals surface area contributed by atoms with Gasteiger partial charge in [0.2, 0.25) is 0 Å². The van der Waals surface area contributed by atoms with Gasteiger partial charge >= 0.3 is 8.60 Å². The lowest BCUT2D eigenvalue weighted by molar-refractivity contribution is 0.103. The van der Waals surface area contributed by atoms with Crippen molar-refractivity contribution in [1.29, 1.82) is 0 Å². The highest BCUT2D eigenvalue weighted by molar-refractivity contribution is 7.43. The lowest BCUT2D eigenvalue weighted by Gasteiger charge is -2.21. The van der Waals surface area contributed by atoms with Crippen molar-refractivity contribution >= 4 is 26.0 Å². The third kappa shape index (κ3) is 7.59. The monoisotopic (exact) mass is 670 g/mol. The quantitative estimate of drug-likeness (QED) is 0.0867. The Kier molecular flexibility index (Phi) is 9.65. The summed E-state index contributed by atoms with van der Waals surface area (Å²) < 4.78 is 18.9. The van der Waals surface area contributed by atoms with Crippen molar-refractivity contribution in [3.8, 4) is 34.5 Å². The maximum Gasteiger partial charge on any atom is 0.530 e. The average Bonchev–Trinajstić information content (AvgIpc) is 3.12. The zero-order valence-electron chi connectivity index (χ0n) is 25.6. The maximum atomic E-state index is 13.6. The second kappa shape index (κ2) is 14.5. The van der Waals surface area contributed by atoms with Crippen LogP contribution in [0.2, 0.25) is 0 Å². The molecule has 0 unspecified atom stereocenters. The van der Waals surface area contributed by atoms with Gasteiger partial charge in [0.05, 0.1) is 16.7 Å². The summed E-state index contributed by atoms with van der Waals surface area (Å²) >= 11 is 0. The largest absolute Gasteiger partial charge is 0.530 e. The molecule has 49 heavy (non-hydrogen) atoms. The predicted molar refractivity (Wildman–Crippen MR) is 183 cm³/mol. The second-order valence-electron chi connectivity index (χ2n) is 10.6. The van der Waals surface area contributed by atoms with Crippen LogP contribution in [0, 0.1) is 0 Å². The van der Waals surface area contributed by atoms with Crippen molar-refractivity contribution in [2.45, 2.75) is 0 Å². The molecular weight excluding hydrogens is 643 g/mol. The van der Waals surface area contributed by atoms with E-state index < -0.39 is 26.0 Å². The Bertz CT molecular complexity index is 1880. The Hall–Kier alpha value is -6.44. The second-order valence-corrected chi connectivity index (χ2v) is 11.6. The molecule has 0 heterocycles. The van der Waals surface area contributed by atoms with E-state index >= 15 is 0 Å². The number of phenolic OH excluding ortho intramolecular Hbond substituents is 3. The summed E-state index contributed by atoms with van der Waals surface area (Å²) in [6.07, 6.45) is 0. The predicted octanol–water partition coefficient (Wildman–Crippen LogP) is 8.26. The van der Waals surface area contributed by atoms with E-state index in [4.69, 9.17) is 13.6 Å². The fraction of sp³-hybridized carbons (Fsp3) is 0. The molecule has 0 aliphatic heterocycles. The molecule has 0 aliphatic rings. The molecule has 6 aromatic rings. The van der Waals surface area contributed by atoms with Crippen LogP contribution < -0.4 is 13.6 Å². The Labute approximate surface area is 282 Å². The first kappa shape index (κ1) is 32.5. The summed E-state index contributed by atoms with van der Waals surface area (Å²) in [5.74, 6) is -0.833. The van der Waals surface area contributed by atoms with Gasteiger partial charge < -0.3 is 28.9 Å². The lowest BCUT2D eigenvalue weighted by Crippen LogP contribution is -2.11. The van der Waals surface area contributed by atoms with Crippen molar-refractivity contribution in [1.82, 2.24) is 0 Å². The maximum absolute atomic E-state index is 13.6. The van der Waals surface area contributed by atoms with Crippen molar-refractivity contribution in [3.05, 3.63) is 179 Å². The molecule has 0 radical (unpaired) electrons. The van der Waals surface area contributed by atoms with Gasteiger partial charge in [0.15, 0.2) is 17.3 Å². The van der Waals surface area contributed by atoms with Crippen LogP contribution in [0.25, 0.3) is 0 Å². The zero-order valence-corrected chi connectivity index (χ0v) is 26.5. The van der Waals surface area contributed by atoms with Crippen LogP contribution in [0.3, 0.4) is 0 Å². The Morgan fingerprint density at radius 3 is 0.878 bits per heavy atom. The highest BCUT2D eigenvalue weighted by Gasteiger charge is 2.28. The summed E-state index contributed by atoms with van der Waals surface area (Å²) in [4.78, 5) is 40.7. The van der Waals surface area contributed by atoms with Crippen LogP contribution in [0.15, 0.2) is 146 Å². The van der Waals surface area contributed by atoms with Crippen molar-refractivity contribution in [2.24, 2.45) is 0 Å². The van der Waals surface area contributed by atoms with Crippen molar-refractivity contribution < 1.29 is 43.3 Å². The van der Waals surface area contributed by atoms with Crippen LogP contribution in [0.1, 0.15) is 47.8 Å². The molecule has 0 amide bonds. The van der Waals surface area contributed by atoms with E-state index in [0.29, 0.717) is 16.7 Å². The molecule has 3 N–H and O–H groups in total. The van der Waals surface area contributed by atoms with E-state index in [-0.39, 0.29) is 51.2 Å². The molecular formula is C39H27O9P. The average molecular weight is 671 g/mol. The number of phenols is 3. The number of para-hydroxylation sites is 3. The fourth-order valence-corrected chi connectivity index (χ4v) is 5.87. The summed E-state index contributed by atoms with van der Waals surface area (Å²) in [6, 6.07) is 36.8. The standard InChI is InChI=1S/C39H27O9P/c40-28-19-13-25(14-20-28)37(43)31-7-1-4-10-34(31)46-49(47-35-11-5-2-8-32(35)38(44)26-15-21-29(41)22-16-26)48-36-12-6-3-9-33(36)39(45)27-17-23-30(42)24-18-27/h1-24,40-42H. The van der Waals surface area contributed by atoms with Crippen LogP contribution in [-0.2, 0) is 0 Å². The first-order chi connectivity index (χ1) is 23.8. The molecule has 0 saturated heterocycles. The summed E-state index contributed by atoms with van der Waals surface area (Å²) in [7, 11) is -2.51. The van der Waals surface area contributed by atoms with Gasteiger partial charge in [-0.15, -0.1) is 0 Å². The molecule has 0 spiro atoms. The minimum Gasteiger partial charge on any atom is -0.508 e. The van der Waals surface area contributed by atoms with Gasteiger partial charge in [-0.1, -0.05) is 36.4 Å². The molecule has 9 nitrogen and oxygen atoms in total. The number of benzene rings is 6. The van der Waals surface area contributed by atoms with Gasteiger partial charge in [0.1, 0.15) is 34.5 Å². The Morgan fingerprint density at radius 1 is 0.367 bits per heavy atom. The Morgan fingerprint density at radius 2 is 0.612 bits per heavy atom. The number of ketones is 3. The number of aromatic hydroxyl groups is 3. The van der Waals surface area contributed by atoms with Crippen LogP contribution in [0.5, 0.6) is 34.5 Å². The number of carbonyl (C=O) groups is 3. The number of hydrogen-bond donors (Lipinski definition) is 3. The van der Waals surface area contributed by atoms with E-state index in [1.54, 1.807) is 72.8 Å². The molecule has 242 valence electrons. The molecule has 0 aromatic heterocycles. The first-order valence-corrected chi connectivity index (χ1v) is 16.0. The minimum atomic E-state index is -2.51. The van der Waals surface area contributed by atoms with Gasteiger partial charge in [-0.3, -0.25) is 14.4 Å². The highest BCUT2D eigenvalue weighted by atomic mass is 31.2. The summed E-state index contributed by atoms with van der Waals surface area (Å²) in [5.41, 5.74) is 1.43. The topological polar surface area (TPSA) is 140 Å². The molecule has 0 bridgehead atoms. The van der Waals surface area contributed by atoms with Gasteiger partial charge in [-0.25, -0.2) is 0 Å². The van der Waals surface area contributed by atoms with Crippen LogP contribution in [-0.4, -0.2) is 32.7 Å². The normalized spacial score (nSPS) is 10.7. The molecule has 6 aromatic carbocycles. The number of rotatable bonds is 12. The first-order valence-electron chi connectivity index (χ1n) is 14.9. The smallest absolute Gasteiger partial charge is 0.508 e. The lowest BCUT2D eigenvalue weighted by atomic mass is 10.0. The summed E-state index contributed by atoms with van der Waals surface area (Å²) in [5, 5.41) is 29.2. The van der Waals surface area contributed by atoms with Gasteiger partial charge in [-0.2, -0.15) is 0 Å². The third-order valence-corrected chi connectivity index (χ3v) is 8.34. The van der Waals surface area contributed by atoms with Crippen LogP contribution >= 0.6 is 8.60 Å². The SMILES string of the molecule is O=C(c1ccc(O)cc1)c1ccccc1OP(Oc1ccccc1C(=O)c1ccc(O)cc1)Oc1ccccc1C(=O)c1ccc(O)cc1. The van der Waals surface area contributed by atoms with Crippen molar-refractivity contribution in [2.75, 3.05) is 0 Å². The highest BCUT2D eigenvalue weighted by Crippen LogP contribution is 2.45. The molecule has 0 saturated carbocycles. The van der Waals surface area contributed by atoms with Crippen LogP contribution in [0.4, 0.5) is 0 Å².